The van der Waals surface area contributed by atoms with Crippen LogP contribution in [0, 0.1) is 5.92 Å². The molecule has 186 valence electrons. The molecule has 2 aromatic rings. The third-order valence-electron chi connectivity index (χ3n) is 6.52. The fourth-order valence-electron chi connectivity index (χ4n) is 4.87. The first-order valence-electron chi connectivity index (χ1n) is 12.0. The number of rotatable bonds is 4. The molecule has 0 bridgehead atoms. The Morgan fingerprint density at radius 3 is 2.11 bits per heavy atom. The van der Waals surface area contributed by atoms with Crippen LogP contribution in [-0.2, 0) is 14.3 Å². The Morgan fingerprint density at radius 1 is 0.971 bits per heavy atom. The number of nitrogens with one attached hydrogen (secondary N) is 1. The number of fused-ring (bicyclic) bond motifs is 3. The number of amides is 2. The lowest BCUT2D eigenvalue weighted by atomic mass is 9.95. The molecule has 1 fully saturated rings. The molecule has 2 atom stereocenters. The molecule has 8 heteroatoms. The number of carbonyl (C=O) groups excluding carboxylic acids is 2. The number of carboxylic acids is 1. The number of benzene rings is 2. The molecule has 8 nitrogen and oxygen atoms in total. The molecule has 4 rings (SSSR count). The Hall–Kier alpha value is -3.55. The van der Waals surface area contributed by atoms with E-state index in [1.165, 1.54) is 4.90 Å². The van der Waals surface area contributed by atoms with Crippen LogP contribution in [0.5, 0.6) is 0 Å². The van der Waals surface area contributed by atoms with Crippen LogP contribution in [-0.4, -0.2) is 59.5 Å². The van der Waals surface area contributed by atoms with Crippen LogP contribution in [0.15, 0.2) is 48.5 Å². The maximum absolute atomic E-state index is 12.7. The Labute approximate surface area is 205 Å². The second kappa shape index (κ2) is 9.98. The summed E-state index contributed by atoms with van der Waals surface area (Å²) in [5.41, 5.74) is 3.83. The molecule has 0 saturated carbocycles. The lowest BCUT2D eigenvalue weighted by Crippen LogP contribution is -2.44. The summed E-state index contributed by atoms with van der Waals surface area (Å²) in [5.74, 6) is -1.93. The predicted molar refractivity (Wildman–Crippen MR) is 130 cm³/mol. The SMILES string of the molecule is CC(C)(C)OC(=O)N1CCC(NC(=O)OCC2c3ccccc3-c3ccccc32)C(C(=O)O)CC1. The Kier molecular flexibility index (Phi) is 7.00. The van der Waals surface area contributed by atoms with Crippen LogP contribution < -0.4 is 5.32 Å². The zero-order valence-electron chi connectivity index (χ0n) is 20.3. The summed E-state index contributed by atoms with van der Waals surface area (Å²) < 4.78 is 11.0. The summed E-state index contributed by atoms with van der Waals surface area (Å²) in [6, 6.07) is 15.5. The first-order chi connectivity index (χ1) is 16.6. The number of aliphatic carboxylic acids is 1. The van der Waals surface area contributed by atoms with Gasteiger partial charge >= 0.3 is 18.2 Å². The molecule has 2 N–H and O–H groups in total. The normalized spacial score (nSPS) is 19.8. The minimum atomic E-state index is -1.01. The van der Waals surface area contributed by atoms with Crippen molar-refractivity contribution in [3.05, 3.63) is 59.7 Å². The maximum atomic E-state index is 12.7. The summed E-state index contributed by atoms with van der Waals surface area (Å²) in [4.78, 5) is 38.6. The van der Waals surface area contributed by atoms with Crippen molar-refractivity contribution in [1.82, 2.24) is 10.2 Å². The van der Waals surface area contributed by atoms with Gasteiger partial charge in [-0.2, -0.15) is 0 Å². The van der Waals surface area contributed by atoms with E-state index in [0.29, 0.717) is 6.42 Å². The highest BCUT2D eigenvalue weighted by molar-refractivity contribution is 5.79. The van der Waals surface area contributed by atoms with Crippen LogP contribution in [0.2, 0.25) is 0 Å². The first-order valence-corrected chi connectivity index (χ1v) is 12.0. The van der Waals surface area contributed by atoms with Gasteiger partial charge in [0.15, 0.2) is 0 Å². The summed E-state index contributed by atoms with van der Waals surface area (Å²) in [7, 11) is 0. The molecule has 0 spiro atoms. The predicted octanol–water partition coefficient (Wildman–Crippen LogP) is 4.63. The monoisotopic (exact) mass is 480 g/mol. The third kappa shape index (κ3) is 5.58. The summed E-state index contributed by atoms with van der Waals surface area (Å²) in [6.45, 7) is 6.02. The lowest BCUT2D eigenvalue weighted by molar-refractivity contribution is -0.142. The fourth-order valence-corrected chi connectivity index (χ4v) is 4.87. The summed E-state index contributed by atoms with van der Waals surface area (Å²) in [5, 5.41) is 12.5. The molecular formula is C27H32N2O6. The molecule has 2 unspecified atom stereocenters. The van der Waals surface area contributed by atoms with Gasteiger partial charge in [0.1, 0.15) is 12.2 Å². The number of carboxylic acid groups (broad SMARTS) is 1. The van der Waals surface area contributed by atoms with Crippen LogP contribution in [0.25, 0.3) is 11.1 Å². The fraction of sp³-hybridized carbons (Fsp3) is 0.444. The number of likely N-dealkylation sites (tertiary alicyclic amines) is 1. The van der Waals surface area contributed by atoms with Crippen molar-refractivity contribution in [3.63, 3.8) is 0 Å². The summed E-state index contributed by atoms with van der Waals surface area (Å²) >= 11 is 0. The minimum absolute atomic E-state index is 0.0831. The molecule has 2 aliphatic rings. The van der Waals surface area contributed by atoms with E-state index in [4.69, 9.17) is 9.47 Å². The van der Waals surface area contributed by atoms with Gasteiger partial charge in [-0.1, -0.05) is 48.5 Å². The molecule has 2 amide bonds. The number of hydrogen-bond donors (Lipinski definition) is 2. The highest BCUT2D eigenvalue weighted by atomic mass is 16.6. The highest BCUT2D eigenvalue weighted by Crippen LogP contribution is 2.44. The van der Waals surface area contributed by atoms with Gasteiger partial charge < -0.3 is 24.8 Å². The van der Waals surface area contributed by atoms with E-state index in [1.54, 1.807) is 20.8 Å². The molecular weight excluding hydrogens is 448 g/mol. The maximum Gasteiger partial charge on any atom is 0.410 e. The minimum Gasteiger partial charge on any atom is -0.481 e. The van der Waals surface area contributed by atoms with E-state index in [0.717, 1.165) is 22.3 Å². The van der Waals surface area contributed by atoms with Crippen molar-refractivity contribution >= 4 is 18.2 Å². The Morgan fingerprint density at radius 2 is 1.54 bits per heavy atom. The topological polar surface area (TPSA) is 105 Å². The van der Waals surface area contributed by atoms with Crippen LogP contribution >= 0.6 is 0 Å². The standard InChI is InChI=1S/C27H32N2O6/c1-27(2,3)35-26(33)29-14-12-21(24(30)31)23(13-15-29)28-25(32)34-16-22-19-10-6-4-8-17(19)18-9-5-7-11-20(18)22/h4-11,21-23H,12-16H2,1-3H3,(H,28,32)(H,30,31). The van der Waals surface area contributed by atoms with Crippen LogP contribution in [0.1, 0.15) is 50.7 Å². The largest absolute Gasteiger partial charge is 0.481 e. The zero-order chi connectivity index (χ0) is 25.2. The van der Waals surface area contributed by atoms with Crippen molar-refractivity contribution in [3.8, 4) is 11.1 Å². The van der Waals surface area contributed by atoms with E-state index in [9.17, 15) is 19.5 Å². The highest BCUT2D eigenvalue weighted by Gasteiger charge is 2.36. The van der Waals surface area contributed by atoms with Gasteiger partial charge in [-0.05, 0) is 55.9 Å². The molecule has 1 saturated heterocycles. The smallest absolute Gasteiger partial charge is 0.410 e. The third-order valence-corrected chi connectivity index (χ3v) is 6.52. The van der Waals surface area contributed by atoms with Crippen LogP contribution in [0.4, 0.5) is 9.59 Å². The van der Waals surface area contributed by atoms with E-state index in [-0.39, 0.29) is 32.0 Å². The lowest BCUT2D eigenvalue weighted by Gasteiger charge is -2.26. The van der Waals surface area contributed by atoms with Crippen molar-refractivity contribution < 1.29 is 29.0 Å². The average molecular weight is 481 g/mol. The van der Waals surface area contributed by atoms with Crippen molar-refractivity contribution in [2.75, 3.05) is 19.7 Å². The van der Waals surface area contributed by atoms with E-state index in [1.807, 2.05) is 36.4 Å². The van der Waals surface area contributed by atoms with Crippen molar-refractivity contribution in [1.29, 1.82) is 0 Å². The van der Waals surface area contributed by atoms with E-state index >= 15 is 0 Å². The quantitative estimate of drug-likeness (QED) is 0.661. The molecule has 1 aliphatic carbocycles. The second-order valence-corrected chi connectivity index (χ2v) is 10.1. The Balaban J connectivity index is 1.40. The first kappa shape index (κ1) is 24.6. The van der Waals surface area contributed by atoms with Crippen molar-refractivity contribution in [2.24, 2.45) is 5.92 Å². The number of hydrogen-bond acceptors (Lipinski definition) is 5. The number of nitrogens with zero attached hydrogens (tertiary/aromatic N) is 1. The number of ether oxygens (including phenoxy) is 2. The summed E-state index contributed by atoms with van der Waals surface area (Å²) in [6.07, 6.45) is -0.638. The van der Waals surface area contributed by atoms with E-state index in [2.05, 4.69) is 17.4 Å². The van der Waals surface area contributed by atoms with Gasteiger partial charge in [0.25, 0.3) is 0 Å². The molecule has 35 heavy (non-hydrogen) atoms. The number of carbonyl (C=O) groups is 3. The molecule has 2 aromatic carbocycles. The molecule has 0 radical (unpaired) electrons. The molecule has 1 heterocycles. The van der Waals surface area contributed by atoms with Gasteiger partial charge in [-0.25, -0.2) is 9.59 Å². The molecule has 1 aliphatic heterocycles. The second-order valence-electron chi connectivity index (χ2n) is 10.1. The van der Waals surface area contributed by atoms with Gasteiger partial charge in [-0.3, -0.25) is 4.79 Å². The number of alkyl carbamates (subject to hydrolysis) is 1. The Bertz CT molecular complexity index is 1060. The van der Waals surface area contributed by atoms with E-state index < -0.39 is 35.7 Å². The van der Waals surface area contributed by atoms with Gasteiger partial charge in [0.2, 0.25) is 0 Å². The van der Waals surface area contributed by atoms with Crippen LogP contribution in [0.3, 0.4) is 0 Å². The van der Waals surface area contributed by atoms with Gasteiger partial charge in [0.05, 0.1) is 5.92 Å². The average Bonchev–Trinajstić information content (AvgIpc) is 2.95. The molecule has 0 aromatic heterocycles. The van der Waals surface area contributed by atoms with Gasteiger partial charge in [-0.15, -0.1) is 0 Å². The van der Waals surface area contributed by atoms with Gasteiger partial charge in [0, 0.05) is 25.0 Å². The zero-order valence-corrected chi connectivity index (χ0v) is 20.3. The van der Waals surface area contributed by atoms with Crippen molar-refractivity contribution in [2.45, 2.75) is 51.2 Å².